The molecule has 1 aliphatic rings. The smallest absolute Gasteiger partial charge is 0.408 e. The number of carbonyl (C=O) groups excluding carboxylic acids is 5. The van der Waals surface area contributed by atoms with Crippen molar-refractivity contribution in [2.45, 2.75) is 95.5 Å². The summed E-state index contributed by atoms with van der Waals surface area (Å²) in [5.41, 5.74) is 1.05. The van der Waals surface area contributed by atoms with Crippen LogP contribution in [0.4, 0.5) is 4.79 Å². The van der Waals surface area contributed by atoms with Crippen LogP contribution in [0.1, 0.15) is 74.4 Å². The fourth-order valence-corrected chi connectivity index (χ4v) is 6.13. The molecule has 0 radical (unpaired) electrons. The lowest BCUT2D eigenvalue weighted by atomic mass is 10.0. The minimum absolute atomic E-state index is 0.0563. The van der Waals surface area contributed by atoms with Crippen molar-refractivity contribution in [3.05, 3.63) is 108 Å². The summed E-state index contributed by atoms with van der Waals surface area (Å²) in [5, 5.41) is 18.0. The maximum atomic E-state index is 14.2. The van der Waals surface area contributed by atoms with Crippen LogP contribution in [-0.4, -0.2) is 88.7 Å². The number of aliphatic carboxylic acids is 1. The van der Waals surface area contributed by atoms with Crippen LogP contribution in [0.5, 0.6) is 0 Å². The molecule has 4 atom stereocenters. The maximum Gasteiger partial charge on any atom is 0.408 e. The van der Waals surface area contributed by atoms with Crippen molar-refractivity contribution in [1.29, 1.82) is 0 Å². The van der Waals surface area contributed by atoms with Crippen LogP contribution in [0.3, 0.4) is 0 Å². The second kappa shape index (κ2) is 19.9. The zero-order valence-electron chi connectivity index (χ0n) is 31.0. The second-order valence-corrected chi connectivity index (χ2v) is 14.2. The molecule has 4 rings (SSSR count). The Labute approximate surface area is 315 Å². The van der Waals surface area contributed by atoms with Gasteiger partial charge < -0.3 is 35.4 Å². The quantitative estimate of drug-likeness (QED) is 0.115. The van der Waals surface area contributed by atoms with Gasteiger partial charge in [0, 0.05) is 19.4 Å². The van der Waals surface area contributed by atoms with Crippen LogP contribution >= 0.6 is 0 Å². The van der Waals surface area contributed by atoms with E-state index in [4.69, 9.17) is 9.47 Å². The topological polar surface area (TPSA) is 180 Å². The molecular weight excluding hydrogens is 692 g/mol. The van der Waals surface area contributed by atoms with E-state index < -0.39 is 65.5 Å². The van der Waals surface area contributed by atoms with E-state index in [9.17, 15) is 33.9 Å². The molecular formula is C41H50N4O9. The predicted octanol–water partition coefficient (Wildman–Crippen LogP) is 4.44. The number of hydrogen-bond acceptors (Lipinski definition) is 8. The number of carboxylic acids is 1. The lowest BCUT2D eigenvalue weighted by molar-refractivity contribution is -0.149. The number of esters is 1. The molecule has 1 saturated heterocycles. The lowest BCUT2D eigenvalue weighted by Crippen LogP contribution is -2.58. The molecule has 0 saturated carbocycles. The molecule has 1 aliphatic heterocycles. The number of rotatable bonds is 17. The zero-order valence-corrected chi connectivity index (χ0v) is 31.0. The first-order valence-electron chi connectivity index (χ1n) is 18.2. The van der Waals surface area contributed by atoms with E-state index in [0.29, 0.717) is 31.2 Å². The number of amides is 4. The highest BCUT2D eigenvalue weighted by molar-refractivity contribution is 5.95. The summed E-state index contributed by atoms with van der Waals surface area (Å²) >= 11 is 0. The third kappa shape index (κ3) is 13.0. The first-order valence-corrected chi connectivity index (χ1v) is 18.2. The van der Waals surface area contributed by atoms with Crippen LogP contribution in [0.25, 0.3) is 0 Å². The molecule has 0 bridgehead atoms. The van der Waals surface area contributed by atoms with Crippen LogP contribution in [-0.2, 0) is 41.5 Å². The molecule has 1 fully saturated rings. The van der Waals surface area contributed by atoms with Gasteiger partial charge in [0.15, 0.2) is 0 Å². The number of likely N-dealkylation sites (tertiary alicyclic amines) is 1. The minimum Gasteiger partial charge on any atom is -0.480 e. The Hall–Kier alpha value is -5.72. The highest BCUT2D eigenvalue weighted by atomic mass is 16.6. The van der Waals surface area contributed by atoms with Gasteiger partial charge in [-0.05, 0) is 76.1 Å². The van der Waals surface area contributed by atoms with Crippen molar-refractivity contribution in [2.24, 2.45) is 0 Å². The highest BCUT2D eigenvalue weighted by Crippen LogP contribution is 2.20. The van der Waals surface area contributed by atoms with Gasteiger partial charge in [-0.25, -0.2) is 14.4 Å². The fraction of sp³-hybridized carbons (Fsp3) is 0.415. The zero-order chi connectivity index (χ0) is 39.1. The number of hydrogen-bond donors (Lipinski definition) is 4. The third-order valence-corrected chi connectivity index (χ3v) is 8.77. The van der Waals surface area contributed by atoms with Crippen molar-refractivity contribution >= 4 is 35.8 Å². The Morgan fingerprint density at radius 2 is 1.28 bits per heavy atom. The normalized spacial score (nSPS) is 15.6. The van der Waals surface area contributed by atoms with Gasteiger partial charge >= 0.3 is 18.0 Å². The molecule has 3 aromatic rings. The van der Waals surface area contributed by atoms with Gasteiger partial charge in [-0.3, -0.25) is 14.4 Å². The largest absolute Gasteiger partial charge is 0.480 e. The molecule has 4 amide bonds. The van der Waals surface area contributed by atoms with Crippen LogP contribution in [0, 0.1) is 0 Å². The summed E-state index contributed by atoms with van der Waals surface area (Å²) in [5.74, 6) is -3.43. The van der Waals surface area contributed by atoms with E-state index in [0.717, 1.165) is 11.1 Å². The van der Waals surface area contributed by atoms with E-state index >= 15 is 0 Å². The molecule has 1 heterocycles. The molecule has 13 nitrogen and oxygen atoms in total. The van der Waals surface area contributed by atoms with Gasteiger partial charge in [-0.1, -0.05) is 78.9 Å². The molecule has 0 unspecified atom stereocenters. The molecule has 0 spiro atoms. The number of nitrogens with one attached hydrogen (secondary N) is 3. The third-order valence-electron chi connectivity index (χ3n) is 8.77. The molecule has 54 heavy (non-hydrogen) atoms. The predicted molar refractivity (Wildman–Crippen MR) is 200 cm³/mol. The van der Waals surface area contributed by atoms with Crippen molar-refractivity contribution in [1.82, 2.24) is 20.9 Å². The number of benzene rings is 3. The lowest BCUT2D eigenvalue weighted by Gasteiger charge is -2.29. The van der Waals surface area contributed by atoms with Crippen LogP contribution in [0.2, 0.25) is 0 Å². The van der Waals surface area contributed by atoms with Gasteiger partial charge in [0.25, 0.3) is 0 Å². The second-order valence-electron chi connectivity index (χ2n) is 14.2. The molecule has 4 N–H and O–H groups in total. The van der Waals surface area contributed by atoms with E-state index in [2.05, 4.69) is 16.0 Å². The summed E-state index contributed by atoms with van der Waals surface area (Å²) in [6.45, 7) is 5.40. The van der Waals surface area contributed by atoms with Gasteiger partial charge in [-0.15, -0.1) is 0 Å². The highest BCUT2D eigenvalue weighted by Gasteiger charge is 2.39. The van der Waals surface area contributed by atoms with E-state index in [1.807, 2.05) is 24.3 Å². The Balaban J connectivity index is 1.52. The average Bonchev–Trinajstić information content (AvgIpc) is 3.64. The average molecular weight is 743 g/mol. The summed E-state index contributed by atoms with van der Waals surface area (Å²) in [6, 6.07) is 22.2. The number of alkyl carbamates (subject to hydrolysis) is 1. The van der Waals surface area contributed by atoms with Gasteiger partial charge in [-0.2, -0.15) is 0 Å². The Morgan fingerprint density at radius 3 is 1.85 bits per heavy atom. The van der Waals surface area contributed by atoms with Gasteiger partial charge in [0.1, 0.15) is 29.8 Å². The molecule has 3 aromatic carbocycles. The summed E-state index contributed by atoms with van der Waals surface area (Å²) < 4.78 is 10.8. The van der Waals surface area contributed by atoms with E-state index in [-0.39, 0.29) is 32.4 Å². The van der Waals surface area contributed by atoms with Crippen molar-refractivity contribution in [2.75, 3.05) is 13.2 Å². The molecule has 13 heteroatoms. The number of ether oxygens (including phenoxy) is 2. The first-order chi connectivity index (χ1) is 25.8. The molecule has 0 aromatic heterocycles. The number of carboxylic acid groups (broad SMARTS) is 1. The van der Waals surface area contributed by atoms with E-state index in [1.54, 1.807) is 87.5 Å². The molecule has 288 valence electrons. The van der Waals surface area contributed by atoms with Crippen LogP contribution in [0.15, 0.2) is 91.0 Å². The number of carbonyl (C=O) groups is 6. The minimum atomic E-state index is -1.19. The van der Waals surface area contributed by atoms with Crippen LogP contribution < -0.4 is 16.0 Å². The van der Waals surface area contributed by atoms with E-state index in [1.165, 1.54) is 4.90 Å². The number of nitrogens with zero attached hydrogens (tertiary/aromatic N) is 1. The molecule has 0 aliphatic carbocycles. The van der Waals surface area contributed by atoms with Crippen molar-refractivity contribution in [3.63, 3.8) is 0 Å². The summed E-state index contributed by atoms with van der Waals surface area (Å²) in [7, 11) is 0. The van der Waals surface area contributed by atoms with Crippen molar-refractivity contribution < 1.29 is 43.3 Å². The Kier molecular flexibility index (Phi) is 15.1. The number of unbranched alkanes of at least 4 members (excludes halogenated alkanes) is 1. The van der Waals surface area contributed by atoms with Crippen molar-refractivity contribution in [3.8, 4) is 0 Å². The fourth-order valence-electron chi connectivity index (χ4n) is 6.13. The summed E-state index contributed by atoms with van der Waals surface area (Å²) in [6.07, 6.45) is 1.05. The van der Waals surface area contributed by atoms with Gasteiger partial charge in [0.2, 0.25) is 17.7 Å². The maximum absolute atomic E-state index is 14.2. The Morgan fingerprint density at radius 1 is 0.741 bits per heavy atom. The van der Waals surface area contributed by atoms with Gasteiger partial charge in [0.05, 0.1) is 12.2 Å². The Bertz CT molecular complexity index is 1710. The monoisotopic (exact) mass is 742 g/mol. The summed E-state index contributed by atoms with van der Waals surface area (Å²) in [4.78, 5) is 80.5. The SMILES string of the molecule is CC(C)(C)OC(=O)N[C@@H](CCCCOC(=O)c1ccccc1)C(=O)N[C@H](Cc1ccccc1)C(=O)N[C@@H](Cc1ccccc1)C(=O)N1CCC[C@@H]1C(=O)O. The first kappa shape index (κ1) is 41.0. The standard InChI is InChI=1S/C41H50N4O9/c1-41(2,3)54-40(52)44-31(22-13-14-25-53-39(51)30-20-11-6-12-21-30)35(46)42-32(26-28-16-7-4-8-17-28)36(47)43-33(27-29-18-9-5-10-19-29)37(48)45-24-15-23-34(45)38(49)50/h4-12,16-21,31-34H,13-15,22-27H2,1-3H3,(H,42,46)(H,43,47)(H,44,52)(H,49,50)/t31-,32+,33-,34+/m0/s1.